The number of benzene rings is 1. The minimum Gasteiger partial charge on any atom is -0.465 e. The second-order valence-corrected chi connectivity index (χ2v) is 4.92. The molecule has 6 heteroatoms. The molecule has 114 valence electrons. The maximum Gasteiger partial charge on any atom is 0.322 e. The first-order chi connectivity index (χ1) is 10.0. The Labute approximate surface area is 121 Å². The molecule has 0 spiro atoms. The zero-order valence-electron chi connectivity index (χ0n) is 11.7. The summed E-state index contributed by atoms with van der Waals surface area (Å²) < 4.78 is 37.3. The lowest BCUT2D eigenvalue weighted by molar-refractivity contribution is -0.169. The third kappa shape index (κ3) is 2.95. The Balaban J connectivity index is 2.38. The van der Waals surface area contributed by atoms with Crippen LogP contribution in [0.25, 0.3) is 0 Å². The van der Waals surface area contributed by atoms with Crippen LogP contribution in [0.3, 0.4) is 0 Å². The molecule has 1 aliphatic rings. The van der Waals surface area contributed by atoms with Crippen molar-refractivity contribution in [1.29, 1.82) is 0 Å². The fourth-order valence-corrected chi connectivity index (χ4v) is 2.40. The molecule has 0 aromatic heterocycles. The highest BCUT2D eigenvalue weighted by atomic mass is 19.2. The average molecular weight is 298 g/mol. The number of carbonyl (C=O) groups is 2. The Bertz CT molecular complexity index is 559. The first-order valence-corrected chi connectivity index (χ1v) is 6.72. The number of hydrogen-bond donors (Lipinski definition) is 0. The van der Waals surface area contributed by atoms with Gasteiger partial charge in [-0.25, -0.2) is 8.78 Å². The maximum atomic E-state index is 13.8. The van der Waals surface area contributed by atoms with Crippen molar-refractivity contribution in [2.45, 2.75) is 19.8 Å². The SMILES string of the molecule is CCOC(=O)C1(Cc2cccc(F)c2F)COCCC1=O. The summed E-state index contributed by atoms with van der Waals surface area (Å²) in [5.41, 5.74) is -1.63. The second kappa shape index (κ2) is 6.30. The van der Waals surface area contributed by atoms with Crippen LogP contribution >= 0.6 is 0 Å². The van der Waals surface area contributed by atoms with E-state index in [9.17, 15) is 18.4 Å². The van der Waals surface area contributed by atoms with E-state index in [1.807, 2.05) is 0 Å². The van der Waals surface area contributed by atoms with Crippen molar-refractivity contribution in [3.8, 4) is 0 Å². The molecule has 2 rings (SSSR count). The Morgan fingerprint density at radius 1 is 1.43 bits per heavy atom. The van der Waals surface area contributed by atoms with E-state index in [2.05, 4.69) is 0 Å². The van der Waals surface area contributed by atoms with Gasteiger partial charge in [0.05, 0.1) is 19.8 Å². The number of ether oxygens (including phenoxy) is 2. The highest BCUT2D eigenvalue weighted by Crippen LogP contribution is 2.32. The van der Waals surface area contributed by atoms with E-state index in [1.54, 1.807) is 6.92 Å². The fourth-order valence-electron chi connectivity index (χ4n) is 2.40. The average Bonchev–Trinajstić information content (AvgIpc) is 2.46. The molecule has 1 fully saturated rings. The van der Waals surface area contributed by atoms with Crippen LogP contribution in [-0.4, -0.2) is 31.6 Å². The van der Waals surface area contributed by atoms with Gasteiger partial charge in [0, 0.05) is 12.8 Å². The minimum atomic E-state index is -1.59. The minimum absolute atomic E-state index is 0.0399. The molecule has 1 heterocycles. The smallest absolute Gasteiger partial charge is 0.322 e. The van der Waals surface area contributed by atoms with E-state index in [-0.39, 0.29) is 44.0 Å². The second-order valence-electron chi connectivity index (χ2n) is 4.92. The number of halogens is 2. The van der Waals surface area contributed by atoms with Gasteiger partial charge in [-0.05, 0) is 18.6 Å². The van der Waals surface area contributed by atoms with Crippen LogP contribution in [0.4, 0.5) is 8.78 Å². The summed E-state index contributed by atoms with van der Waals surface area (Å²) in [6.45, 7) is 1.74. The van der Waals surface area contributed by atoms with Crippen LogP contribution in [0, 0.1) is 17.0 Å². The Morgan fingerprint density at radius 2 is 2.19 bits per heavy atom. The topological polar surface area (TPSA) is 52.6 Å². The van der Waals surface area contributed by atoms with Crippen LogP contribution in [0.2, 0.25) is 0 Å². The van der Waals surface area contributed by atoms with Gasteiger partial charge in [0.15, 0.2) is 22.8 Å². The van der Waals surface area contributed by atoms with Gasteiger partial charge in [0.2, 0.25) is 0 Å². The fraction of sp³-hybridized carbons (Fsp3) is 0.467. The van der Waals surface area contributed by atoms with Crippen LogP contribution in [0.15, 0.2) is 18.2 Å². The molecule has 0 aliphatic carbocycles. The normalized spacial score (nSPS) is 22.1. The van der Waals surface area contributed by atoms with Crippen LogP contribution in [0.1, 0.15) is 18.9 Å². The third-order valence-electron chi connectivity index (χ3n) is 3.55. The summed E-state index contributed by atoms with van der Waals surface area (Å²) >= 11 is 0. The molecule has 1 aromatic carbocycles. The van der Waals surface area contributed by atoms with Crippen LogP contribution in [-0.2, 0) is 25.5 Å². The van der Waals surface area contributed by atoms with E-state index in [1.165, 1.54) is 12.1 Å². The van der Waals surface area contributed by atoms with Gasteiger partial charge >= 0.3 is 5.97 Å². The largest absolute Gasteiger partial charge is 0.465 e. The molecule has 0 bridgehead atoms. The van der Waals surface area contributed by atoms with Crippen LogP contribution in [0.5, 0.6) is 0 Å². The molecule has 0 amide bonds. The first-order valence-electron chi connectivity index (χ1n) is 6.72. The van der Waals surface area contributed by atoms with Gasteiger partial charge < -0.3 is 9.47 Å². The quantitative estimate of drug-likeness (QED) is 0.630. The van der Waals surface area contributed by atoms with E-state index < -0.39 is 23.0 Å². The summed E-state index contributed by atoms with van der Waals surface area (Å²) in [6.07, 6.45) is -0.218. The number of esters is 1. The van der Waals surface area contributed by atoms with E-state index >= 15 is 0 Å². The molecule has 1 atom stereocenters. The number of Topliss-reactive ketones (excluding diaryl/α,β-unsaturated/α-hetero) is 1. The van der Waals surface area contributed by atoms with Gasteiger partial charge in [0.25, 0.3) is 0 Å². The lowest BCUT2D eigenvalue weighted by Crippen LogP contribution is -2.49. The zero-order chi connectivity index (χ0) is 15.5. The molecule has 1 aliphatic heterocycles. The molecule has 1 saturated heterocycles. The highest BCUT2D eigenvalue weighted by molar-refractivity contribution is 6.04. The van der Waals surface area contributed by atoms with E-state index in [0.717, 1.165) is 6.07 Å². The van der Waals surface area contributed by atoms with Gasteiger partial charge in [-0.3, -0.25) is 9.59 Å². The number of ketones is 1. The Hall–Kier alpha value is -1.82. The van der Waals surface area contributed by atoms with Gasteiger partial charge in [0.1, 0.15) is 0 Å². The molecular formula is C15H16F2O4. The van der Waals surface area contributed by atoms with Crippen molar-refractivity contribution in [3.05, 3.63) is 35.4 Å². The molecule has 4 nitrogen and oxygen atoms in total. The van der Waals surface area contributed by atoms with Gasteiger partial charge in [-0.2, -0.15) is 0 Å². The Kier molecular flexibility index (Phi) is 4.67. The molecule has 0 radical (unpaired) electrons. The zero-order valence-corrected chi connectivity index (χ0v) is 11.7. The number of carbonyl (C=O) groups excluding carboxylic acids is 2. The number of hydrogen-bond acceptors (Lipinski definition) is 4. The Morgan fingerprint density at radius 3 is 2.86 bits per heavy atom. The van der Waals surface area contributed by atoms with Gasteiger partial charge in [-0.15, -0.1) is 0 Å². The molecule has 0 N–H and O–H groups in total. The van der Waals surface area contributed by atoms with Crippen molar-refractivity contribution in [1.82, 2.24) is 0 Å². The lowest BCUT2D eigenvalue weighted by Gasteiger charge is -2.33. The van der Waals surface area contributed by atoms with Crippen molar-refractivity contribution in [2.24, 2.45) is 5.41 Å². The van der Waals surface area contributed by atoms with Crippen LogP contribution < -0.4 is 0 Å². The highest BCUT2D eigenvalue weighted by Gasteiger charge is 2.49. The van der Waals surface area contributed by atoms with Gasteiger partial charge in [-0.1, -0.05) is 12.1 Å². The standard InChI is InChI=1S/C15H16F2O4/c1-2-21-14(19)15(9-20-7-6-12(15)18)8-10-4-3-5-11(16)13(10)17/h3-5H,2,6-9H2,1H3. The van der Waals surface area contributed by atoms with Crippen molar-refractivity contribution >= 4 is 11.8 Å². The summed E-state index contributed by atoms with van der Waals surface area (Å²) in [5, 5.41) is 0. The molecule has 21 heavy (non-hydrogen) atoms. The summed E-state index contributed by atoms with van der Waals surface area (Å²) in [7, 11) is 0. The summed E-state index contributed by atoms with van der Waals surface area (Å²) in [6, 6.07) is 3.66. The summed E-state index contributed by atoms with van der Waals surface area (Å²) in [5.74, 6) is -3.19. The lowest BCUT2D eigenvalue weighted by atomic mass is 9.76. The third-order valence-corrected chi connectivity index (χ3v) is 3.55. The molecular weight excluding hydrogens is 282 g/mol. The van der Waals surface area contributed by atoms with E-state index in [0.29, 0.717) is 0 Å². The van der Waals surface area contributed by atoms with Crippen molar-refractivity contribution < 1.29 is 27.8 Å². The summed E-state index contributed by atoms with van der Waals surface area (Å²) in [4.78, 5) is 24.4. The molecule has 1 aromatic rings. The molecule has 1 unspecified atom stereocenters. The maximum absolute atomic E-state index is 13.8. The van der Waals surface area contributed by atoms with Crippen molar-refractivity contribution in [2.75, 3.05) is 19.8 Å². The van der Waals surface area contributed by atoms with Crippen molar-refractivity contribution in [3.63, 3.8) is 0 Å². The van der Waals surface area contributed by atoms with E-state index in [4.69, 9.17) is 9.47 Å². The molecule has 0 saturated carbocycles. The number of rotatable bonds is 4. The first kappa shape index (κ1) is 15.6. The monoisotopic (exact) mass is 298 g/mol. The predicted molar refractivity (Wildman–Crippen MR) is 69.6 cm³/mol. The predicted octanol–water partition coefficient (Wildman–Crippen LogP) is 2.05.